The zero-order valence-electron chi connectivity index (χ0n) is 7.61. The fraction of sp³-hybridized carbons (Fsp3) is 0.571. The fourth-order valence-corrected chi connectivity index (χ4v) is 0.684. The summed E-state index contributed by atoms with van der Waals surface area (Å²) in [6.07, 6.45) is -0.550. The lowest BCUT2D eigenvalue weighted by atomic mass is 10.2. The highest BCUT2D eigenvalue weighted by Gasteiger charge is 2.19. The van der Waals surface area contributed by atoms with Crippen molar-refractivity contribution in [1.29, 1.82) is 0 Å². The highest BCUT2D eigenvalue weighted by Crippen LogP contribution is 1.86. The van der Waals surface area contributed by atoms with E-state index in [0.29, 0.717) is 0 Å². The largest absolute Gasteiger partial charge is 0.550 e. The van der Waals surface area contributed by atoms with Crippen LogP contribution in [0.3, 0.4) is 0 Å². The van der Waals surface area contributed by atoms with E-state index in [4.69, 9.17) is 0 Å². The summed E-state index contributed by atoms with van der Waals surface area (Å²) in [5, 5.41) is 22.3. The van der Waals surface area contributed by atoms with Crippen LogP contribution in [0.25, 0.3) is 0 Å². The second-order valence-corrected chi connectivity index (χ2v) is 2.82. The molecule has 0 aliphatic rings. The Balaban J connectivity index is 4.07. The van der Waals surface area contributed by atoms with E-state index in [1.165, 1.54) is 6.92 Å². The Hall–Kier alpha value is -1.63. The Morgan fingerprint density at radius 3 is 2.21 bits per heavy atom. The van der Waals surface area contributed by atoms with Crippen LogP contribution in [0.4, 0.5) is 0 Å². The first kappa shape index (κ1) is 12.4. The van der Waals surface area contributed by atoms with E-state index >= 15 is 0 Å². The molecule has 7 nitrogen and oxygen atoms in total. The predicted molar refractivity (Wildman–Crippen MR) is 38.9 cm³/mol. The van der Waals surface area contributed by atoms with Crippen LogP contribution < -0.4 is 21.3 Å². The maximum Gasteiger partial charge on any atom is 0.279 e. The Morgan fingerprint density at radius 1 is 1.36 bits per heavy atom. The van der Waals surface area contributed by atoms with E-state index in [1.807, 2.05) is 5.32 Å². The lowest BCUT2D eigenvalue weighted by molar-refractivity contribution is -0.408. The van der Waals surface area contributed by atoms with E-state index in [-0.39, 0.29) is 0 Å². The molecule has 0 aromatic rings. The fourth-order valence-electron chi connectivity index (χ4n) is 0.684. The minimum Gasteiger partial charge on any atom is -0.550 e. The maximum absolute atomic E-state index is 11.0. The van der Waals surface area contributed by atoms with Crippen LogP contribution in [0.2, 0.25) is 0 Å². The number of carboxylic acid groups (broad SMARTS) is 2. The zero-order valence-corrected chi connectivity index (χ0v) is 7.61. The number of aliphatic carboxylic acids is 2. The van der Waals surface area contributed by atoms with Crippen LogP contribution in [0.5, 0.6) is 0 Å². The number of carbonyl (C=O) groups is 3. The third kappa shape index (κ3) is 4.41. The molecule has 0 aromatic carbocycles. The number of amides is 1. The van der Waals surface area contributed by atoms with Gasteiger partial charge in [0.25, 0.3) is 5.91 Å². The van der Waals surface area contributed by atoms with Gasteiger partial charge in [-0.3, -0.25) is 4.79 Å². The summed E-state index contributed by atoms with van der Waals surface area (Å²) in [4.78, 5) is 31.3. The molecule has 0 rings (SSSR count). The summed E-state index contributed by atoms with van der Waals surface area (Å²) < 4.78 is 0. The molecular weight excluding hydrogens is 192 g/mol. The first-order chi connectivity index (χ1) is 6.34. The van der Waals surface area contributed by atoms with Gasteiger partial charge in [-0.1, -0.05) is 0 Å². The molecule has 80 valence electrons. The normalized spacial score (nSPS) is 14.1. The summed E-state index contributed by atoms with van der Waals surface area (Å²) in [5.74, 6) is -3.62. The number of carboxylic acids is 2. The molecule has 0 aromatic heterocycles. The molecule has 0 heterocycles. The average molecular weight is 203 g/mol. The minimum atomic E-state index is -1.45. The lowest BCUT2D eigenvalue weighted by Crippen LogP contribution is -2.69. The van der Waals surface area contributed by atoms with Gasteiger partial charge in [0, 0.05) is 12.4 Å². The Kier molecular flexibility index (Phi) is 4.57. The quantitative estimate of drug-likeness (QED) is 0.460. The van der Waals surface area contributed by atoms with Gasteiger partial charge in [-0.15, -0.1) is 0 Å². The molecule has 2 unspecified atom stereocenters. The number of carbonyl (C=O) groups excluding carboxylic acids is 3. The number of rotatable bonds is 5. The molecule has 0 bridgehead atoms. The average Bonchev–Trinajstić information content (AvgIpc) is 2.02. The topological polar surface area (TPSA) is 137 Å². The molecule has 0 saturated carbocycles. The van der Waals surface area contributed by atoms with Gasteiger partial charge in [0.15, 0.2) is 6.04 Å². The monoisotopic (exact) mass is 203 g/mol. The van der Waals surface area contributed by atoms with Gasteiger partial charge in [0.2, 0.25) is 0 Å². The first-order valence-electron chi connectivity index (χ1n) is 3.88. The van der Waals surface area contributed by atoms with Gasteiger partial charge in [-0.25, -0.2) is 0 Å². The molecule has 1 amide bonds. The smallest absolute Gasteiger partial charge is 0.279 e. The van der Waals surface area contributed by atoms with Crippen LogP contribution in [0.1, 0.15) is 13.3 Å². The SMILES string of the molecule is CC(NC(=O)C([NH3+])CC(=O)[O-])C(=O)[O-]. The molecule has 0 aliphatic carbocycles. The third-order valence-electron chi connectivity index (χ3n) is 1.50. The summed E-state index contributed by atoms with van der Waals surface area (Å²) in [6, 6.07) is -2.24. The van der Waals surface area contributed by atoms with Gasteiger partial charge < -0.3 is 30.9 Å². The minimum absolute atomic E-state index is 0.550. The van der Waals surface area contributed by atoms with Crippen molar-refractivity contribution < 1.29 is 30.3 Å². The summed E-state index contributed by atoms with van der Waals surface area (Å²) in [7, 11) is 0. The summed E-state index contributed by atoms with van der Waals surface area (Å²) in [6.45, 7) is 1.21. The number of hydrogen-bond donors (Lipinski definition) is 2. The number of quaternary nitrogens is 1. The highest BCUT2D eigenvalue weighted by atomic mass is 16.4. The Labute approximate surface area is 79.9 Å². The van der Waals surface area contributed by atoms with E-state index in [0.717, 1.165) is 0 Å². The zero-order chi connectivity index (χ0) is 11.3. The molecule has 0 fully saturated rings. The van der Waals surface area contributed by atoms with Gasteiger partial charge in [0.05, 0.1) is 12.0 Å². The molecule has 4 N–H and O–H groups in total. The molecule has 2 atom stereocenters. The molecular formula is C7H11N2O5-. The van der Waals surface area contributed by atoms with Crippen molar-refractivity contribution in [3.8, 4) is 0 Å². The van der Waals surface area contributed by atoms with E-state index < -0.39 is 36.4 Å². The number of nitrogens with one attached hydrogen (secondary N) is 1. The Morgan fingerprint density at radius 2 is 1.86 bits per heavy atom. The van der Waals surface area contributed by atoms with E-state index in [2.05, 4.69) is 5.73 Å². The van der Waals surface area contributed by atoms with Crippen molar-refractivity contribution in [2.75, 3.05) is 0 Å². The third-order valence-corrected chi connectivity index (χ3v) is 1.50. The van der Waals surface area contributed by atoms with Crippen molar-refractivity contribution >= 4 is 17.8 Å². The molecule has 0 aliphatic heterocycles. The Bertz CT molecular complexity index is 252. The highest BCUT2D eigenvalue weighted by molar-refractivity contribution is 5.87. The molecule has 0 radical (unpaired) electrons. The van der Waals surface area contributed by atoms with Crippen LogP contribution >= 0.6 is 0 Å². The predicted octanol–water partition coefficient (Wildman–Crippen LogP) is -5.01. The van der Waals surface area contributed by atoms with Crippen molar-refractivity contribution in [3.05, 3.63) is 0 Å². The second kappa shape index (κ2) is 5.18. The summed E-state index contributed by atoms with van der Waals surface area (Å²) in [5.41, 5.74) is 3.24. The van der Waals surface area contributed by atoms with Crippen molar-refractivity contribution in [2.45, 2.75) is 25.4 Å². The van der Waals surface area contributed by atoms with Gasteiger partial charge in [-0.2, -0.15) is 0 Å². The lowest BCUT2D eigenvalue weighted by Gasteiger charge is -2.16. The molecule has 7 heteroatoms. The standard InChI is InChI=1S/C7H12N2O5/c1-3(7(13)14)9-6(12)4(8)2-5(10)11/h3-4H,2,8H2,1H3,(H,9,12)(H,10,11)(H,13,14)/p-1. The molecule has 0 saturated heterocycles. The van der Waals surface area contributed by atoms with Crippen LogP contribution in [-0.4, -0.2) is 29.9 Å². The maximum atomic E-state index is 11.0. The van der Waals surface area contributed by atoms with Crippen molar-refractivity contribution in [3.63, 3.8) is 0 Å². The van der Waals surface area contributed by atoms with Crippen molar-refractivity contribution in [2.24, 2.45) is 0 Å². The van der Waals surface area contributed by atoms with E-state index in [1.54, 1.807) is 0 Å². The van der Waals surface area contributed by atoms with Crippen LogP contribution in [0, 0.1) is 0 Å². The molecule has 14 heavy (non-hydrogen) atoms. The van der Waals surface area contributed by atoms with E-state index in [9.17, 15) is 24.6 Å². The number of hydrogen-bond acceptors (Lipinski definition) is 5. The van der Waals surface area contributed by atoms with Crippen molar-refractivity contribution in [1.82, 2.24) is 5.32 Å². The first-order valence-corrected chi connectivity index (χ1v) is 3.88. The van der Waals surface area contributed by atoms with Crippen LogP contribution in [0.15, 0.2) is 0 Å². The van der Waals surface area contributed by atoms with Gasteiger partial charge in [0.1, 0.15) is 0 Å². The summed E-state index contributed by atoms with van der Waals surface area (Å²) >= 11 is 0. The van der Waals surface area contributed by atoms with Gasteiger partial charge in [-0.05, 0) is 6.92 Å². The van der Waals surface area contributed by atoms with Crippen LogP contribution in [-0.2, 0) is 14.4 Å². The van der Waals surface area contributed by atoms with Gasteiger partial charge >= 0.3 is 0 Å². The second-order valence-electron chi connectivity index (χ2n) is 2.82. The molecule has 0 spiro atoms.